The molecule has 4 saturated carbocycles. The van der Waals surface area contributed by atoms with Crippen molar-refractivity contribution in [1.82, 2.24) is 20.3 Å². The Bertz CT molecular complexity index is 516. The first-order valence-electron chi connectivity index (χ1n) is 7.98. The van der Waals surface area contributed by atoms with Gasteiger partial charge >= 0.3 is 0 Å². The summed E-state index contributed by atoms with van der Waals surface area (Å²) < 4.78 is 1.89. The lowest BCUT2D eigenvalue weighted by Crippen LogP contribution is -2.63. The Morgan fingerprint density at radius 1 is 1.20 bits per heavy atom. The third-order valence-corrected chi connectivity index (χ3v) is 6.08. The van der Waals surface area contributed by atoms with E-state index in [0.29, 0.717) is 16.4 Å². The van der Waals surface area contributed by atoms with Crippen molar-refractivity contribution in [3.8, 4) is 0 Å². The van der Waals surface area contributed by atoms with E-state index in [1.165, 1.54) is 44.2 Å². The van der Waals surface area contributed by atoms with E-state index in [9.17, 15) is 0 Å². The summed E-state index contributed by atoms with van der Waals surface area (Å²) in [5.74, 6) is 0.943. The van der Waals surface area contributed by atoms with Crippen LogP contribution < -0.4 is 5.32 Å². The van der Waals surface area contributed by atoms with Crippen LogP contribution in [0.1, 0.15) is 58.1 Å². The second kappa shape index (κ2) is 3.85. The fourth-order valence-electron chi connectivity index (χ4n) is 6.39. The van der Waals surface area contributed by atoms with E-state index >= 15 is 0 Å². The first-order valence-corrected chi connectivity index (χ1v) is 7.98. The molecule has 0 aromatic carbocycles. The number of hydrogen-bond acceptors (Lipinski definition) is 3. The maximum atomic E-state index is 4.04. The van der Waals surface area contributed by atoms with Crippen LogP contribution in [-0.4, -0.2) is 20.5 Å². The van der Waals surface area contributed by atoms with Gasteiger partial charge in [0.1, 0.15) is 0 Å². The molecule has 110 valence electrons. The summed E-state index contributed by atoms with van der Waals surface area (Å²) in [4.78, 5) is 0. The highest BCUT2D eigenvalue weighted by atomic mass is 15.4. The standard InChI is InChI=1S/C16H26N4/c1-14-4-12-5-15(2,9-14)11-16(6-12,10-14)17-7-13-8-18-19-20(13)3/h8,12,17H,4-7,9-11H2,1-3H3. The van der Waals surface area contributed by atoms with Crippen molar-refractivity contribution in [2.45, 2.75) is 64.5 Å². The van der Waals surface area contributed by atoms with Crippen molar-refractivity contribution in [2.75, 3.05) is 0 Å². The Morgan fingerprint density at radius 3 is 2.45 bits per heavy atom. The predicted octanol–water partition coefficient (Wildman–Crippen LogP) is 2.65. The molecule has 4 fully saturated rings. The maximum absolute atomic E-state index is 4.04. The molecule has 0 aliphatic heterocycles. The van der Waals surface area contributed by atoms with E-state index in [-0.39, 0.29) is 0 Å². The van der Waals surface area contributed by atoms with Gasteiger partial charge in [-0.15, -0.1) is 5.10 Å². The summed E-state index contributed by atoms with van der Waals surface area (Å²) in [5, 5.41) is 11.9. The third-order valence-electron chi connectivity index (χ3n) is 6.08. The largest absolute Gasteiger partial charge is 0.306 e. The topological polar surface area (TPSA) is 42.7 Å². The molecule has 4 aliphatic carbocycles. The van der Waals surface area contributed by atoms with Crippen LogP contribution in [0.3, 0.4) is 0 Å². The Morgan fingerprint density at radius 2 is 1.90 bits per heavy atom. The molecule has 1 aromatic heterocycles. The van der Waals surface area contributed by atoms with Crippen LogP contribution in [-0.2, 0) is 13.6 Å². The number of aromatic nitrogens is 3. The fourth-order valence-corrected chi connectivity index (χ4v) is 6.39. The maximum Gasteiger partial charge on any atom is 0.0738 e. The minimum atomic E-state index is 0.368. The van der Waals surface area contributed by atoms with Gasteiger partial charge in [0.15, 0.2) is 0 Å². The first-order chi connectivity index (χ1) is 9.40. The van der Waals surface area contributed by atoms with E-state index < -0.39 is 0 Å². The molecule has 4 aliphatic rings. The minimum absolute atomic E-state index is 0.368. The number of nitrogens with zero attached hydrogens (tertiary/aromatic N) is 3. The molecule has 2 atom stereocenters. The molecule has 4 nitrogen and oxygen atoms in total. The van der Waals surface area contributed by atoms with Gasteiger partial charge in [0.2, 0.25) is 0 Å². The molecular formula is C16H26N4. The van der Waals surface area contributed by atoms with E-state index in [2.05, 4.69) is 29.5 Å². The molecule has 4 heteroatoms. The quantitative estimate of drug-likeness (QED) is 0.921. The van der Waals surface area contributed by atoms with E-state index in [0.717, 1.165) is 12.5 Å². The first kappa shape index (κ1) is 12.8. The number of hydrogen-bond donors (Lipinski definition) is 1. The van der Waals surface area contributed by atoms with Crippen LogP contribution in [0.25, 0.3) is 0 Å². The van der Waals surface area contributed by atoms with Gasteiger partial charge in [-0.3, -0.25) is 4.68 Å². The van der Waals surface area contributed by atoms with Gasteiger partial charge in [-0.25, -0.2) is 0 Å². The van der Waals surface area contributed by atoms with Crippen molar-refractivity contribution in [3.05, 3.63) is 11.9 Å². The zero-order valence-corrected chi connectivity index (χ0v) is 12.9. The van der Waals surface area contributed by atoms with Crippen molar-refractivity contribution < 1.29 is 0 Å². The lowest BCUT2D eigenvalue weighted by molar-refractivity contribution is -0.118. The van der Waals surface area contributed by atoms with Crippen LogP contribution in [0.4, 0.5) is 0 Å². The van der Waals surface area contributed by atoms with Crippen LogP contribution in [0.5, 0.6) is 0 Å². The van der Waals surface area contributed by atoms with Crippen LogP contribution in [0.15, 0.2) is 6.20 Å². The van der Waals surface area contributed by atoms with Crippen molar-refractivity contribution >= 4 is 0 Å². The SMILES string of the molecule is Cn1nncc1CNC12CC3CC(C)(CC(C)(C3)C1)C2. The predicted molar refractivity (Wildman–Crippen MR) is 78.0 cm³/mol. The summed E-state index contributed by atoms with van der Waals surface area (Å²) in [5.41, 5.74) is 2.71. The molecule has 20 heavy (non-hydrogen) atoms. The fraction of sp³-hybridized carbons (Fsp3) is 0.875. The van der Waals surface area contributed by atoms with Gasteiger partial charge < -0.3 is 5.32 Å². The summed E-state index contributed by atoms with van der Waals surface area (Å²) in [7, 11) is 1.98. The van der Waals surface area contributed by atoms with Gasteiger partial charge in [0.25, 0.3) is 0 Å². The molecule has 2 unspecified atom stereocenters. The molecule has 1 aromatic rings. The highest BCUT2D eigenvalue weighted by molar-refractivity contribution is 5.14. The molecule has 4 bridgehead atoms. The zero-order chi connectivity index (χ0) is 14.0. The smallest absolute Gasteiger partial charge is 0.0738 e. The van der Waals surface area contributed by atoms with Gasteiger partial charge in [-0.2, -0.15) is 0 Å². The average Bonchev–Trinajstić information content (AvgIpc) is 2.67. The average molecular weight is 274 g/mol. The van der Waals surface area contributed by atoms with Crippen LogP contribution in [0.2, 0.25) is 0 Å². The number of aryl methyl sites for hydroxylation is 1. The van der Waals surface area contributed by atoms with Gasteiger partial charge in [0, 0.05) is 19.1 Å². The molecule has 5 rings (SSSR count). The van der Waals surface area contributed by atoms with Gasteiger partial charge in [-0.1, -0.05) is 19.1 Å². The summed E-state index contributed by atoms with van der Waals surface area (Å²) in [6, 6.07) is 0. The minimum Gasteiger partial charge on any atom is -0.306 e. The molecule has 1 heterocycles. The Kier molecular flexibility index (Phi) is 2.46. The van der Waals surface area contributed by atoms with Crippen molar-refractivity contribution in [1.29, 1.82) is 0 Å². The summed E-state index contributed by atoms with van der Waals surface area (Å²) >= 11 is 0. The highest BCUT2D eigenvalue weighted by Gasteiger charge is 2.59. The van der Waals surface area contributed by atoms with Crippen molar-refractivity contribution in [3.63, 3.8) is 0 Å². The van der Waals surface area contributed by atoms with E-state index in [1.807, 2.05) is 17.9 Å². The highest BCUT2D eigenvalue weighted by Crippen LogP contribution is 2.66. The summed E-state index contributed by atoms with van der Waals surface area (Å²) in [6.07, 6.45) is 10.3. The Labute approximate surface area is 121 Å². The van der Waals surface area contributed by atoms with E-state index in [4.69, 9.17) is 0 Å². The zero-order valence-electron chi connectivity index (χ0n) is 12.9. The molecule has 0 radical (unpaired) electrons. The number of rotatable bonds is 3. The Balaban J connectivity index is 1.56. The van der Waals surface area contributed by atoms with Gasteiger partial charge in [-0.05, 0) is 55.3 Å². The summed E-state index contributed by atoms with van der Waals surface area (Å²) in [6.45, 7) is 5.96. The second-order valence-corrected chi connectivity index (χ2v) is 8.61. The van der Waals surface area contributed by atoms with Crippen LogP contribution in [0, 0.1) is 16.7 Å². The van der Waals surface area contributed by atoms with Crippen LogP contribution >= 0.6 is 0 Å². The van der Waals surface area contributed by atoms with Crippen molar-refractivity contribution in [2.24, 2.45) is 23.8 Å². The second-order valence-electron chi connectivity index (χ2n) is 8.61. The lowest BCUT2D eigenvalue weighted by Gasteiger charge is -2.65. The Hall–Kier alpha value is -0.900. The van der Waals surface area contributed by atoms with Gasteiger partial charge in [0.05, 0.1) is 11.9 Å². The third kappa shape index (κ3) is 1.92. The molecule has 0 saturated heterocycles. The normalized spacial score (nSPS) is 46.0. The lowest BCUT2D eigenvalue weighted by atomic mass is 9.43. The molecular weight excluding hydrogens is 248 g/mol. The molecule has 1 N–H and O–H groups in total. The monoisotopic (exact) mass is 274 g/mol. The number of nitrogens with one attached hydrogen (secondary N) is 1. The van der Waals surface area contributed by atoms with E-state index in [1.54, 1.807) is 0 Å². The molecule has 0 amide bonds. The molecule has 0 spiro atoms.